The minimum atomic E-state index is 0.220. The summed E-state index contributed by atoms with van der Waals surface area (Å²) in [6, 6.07) is 11.0. The molecule has 2 aromatic rings. The van der Waals surface area contributed by atoms with Crippen LogP contribution in [0.25, 0.3) is 0 Å². The number of nitrogens with one attached hydrogen (secondary N) is 1. The first-order valence-corrected chi connectivity index (χ1v) is 6.98. The number of furan rings is 1. The van der Waals surface area contributed by atoms with Crippen molar-refractivity contribution in [3.8, 4) is 0 Å². The van der Waals surface area contributed by atoms with Crippen LogP contribution in [0.15, 0.2) is 34.7 Å². The summed E-state index contributed by atoms with van der Waals surface area (Å²) in [7, 11) is 0. The van der Waals surface area contributed by atoms with Gasteiger partial charge < -0.3 is 9.73 Å². The summed E-state index contributed by atoms with van der Waals surface area (Å²) in [4.78, 5) is 0. The average Bonchev–Trinajstić information content (AvgIpc) is 2.69. The molecule has 19 heavy (non-hydrogen) atoms. The fourth-order valence-electron chi connectivity index (χ4n) is 2.48. The van der Waals surface area contributed by atoms with E-state index in [2.05, 4.69) is 49.5 Å². The minimum Gasteiger partial charge on any atom is -0.466 e. The smallest absolute Gasteiger partial charge is 0.106 e. The van der Waals surface area contributed by atoms with Crippen molar-refractivity contribution in [2.75, 3.05) is 6.54 Å². The van der Waals surface area contributed by atoms with E-state index in [1.54, 1.807) is 0 Å². The fraction of sp³-hybridized carbons (Fsp3) is 0.412. The van der Waals surface area contributed by atoms with Gasteiger partial charge in [0.1, 0.15) is 11.5 Å². The Morgan fingerprint density at radius 3 is 2.53 bits per heavy atom. The molecule has 0 saturated carbocycles. The maximum atomic E-state index is 5.69. The average molecular weight is 257 g/mol. The van der Waals surface area contributed by atoms with E-state index in [0.29, 0.717) is 0 Å². The van der Waals surface area contributed by atoms with E-state index in [4.69, 9.17) is 4.42 Å². The molecular weight excluding hydrogens is 234 g/mol. The molecule has 0 aliphatic heterocycles. The number of rotatable bonds is 5. The molecule has 0 spiro atoms. The third-order valence-electron chi connectivity index (χ3n) is 3.36. The summed E-state index contributed by atoms with van der Waals surface area (Å²) in [5, 5.41) is 3.62. The third-order valence-corrected chi connectivity index (χ3v) is 3.36. The molecule has 0 bridgehead atoms. The highest BCUT2D eigenvalue weighted by Crippen LogP contribution is 2.27. The normalized spacial score (nSPS) is 12.6. The fourth-order valence-corrected chi connectivity index (χ4v) is 2.48. The van der Waals surface area contributed by atoms with Gasteiger partial charge in [0, 0.05) is 5.56 Å². The molecule has 2 nitrogen and oxygen atoms in total. The van der Waals surface area contributed by atoms with Crippen LogP contribution in [0, 0.1) is 20.8 Å². The van der Waals surface area contributed by atoms with Gasteiger partial charge in [-0.3, -0.25) is 0 Å². The summed E-state index contributed by atoms with van der Waals surface area (Å²) in [5.74, 6) is 1.98. The first-order chi connectivity index (χ1) is 9.11. The van der Waals surface area contributed by atoms with Gasteiger partial charge in [-0.25, -0.2) is 0 Å². The van der Waals surface area contributed by atoms with Gasteiger partial charge >= 0.3 is 0 Å². The summed E-state index contributed by atoms with van der Waals surface area (Å²) in [6.45, 7) is 9.37. The molecule has 0 saturated heterocycles. The summed E-state index contributed by atoms with van der Waals surface area (Å²) < 4.78 is 5.69. The van der Waals surface area contributed by atoms with Crippen LogP contribution in [0.2, 0.25) is 0 Å². The number of hydrogen-bond acceptors (Lipinski definition) is 2. The topological polar surface area (TPSA) is 25.2 Å². The zero-order chi connectivity index (χ0) is 13.8. The summed E-state index contributed by atoms with van der Waals surface area (Å²) in [6.07, 6.45) is 1.12. The Kier molecular flexibility index (Phi) is 4.43. The highest BCUT2D eigenvalue weighted by atomic mass is 16.3. The lowest BCUT2D eigenvalue weighted by molar-refractivity contribution is 0.493. The monoisotopic (exact) mass is 257 g/mol. The second-order valence-electron chi connectivity index (χ2n) is 5.17. The lowest BCUT2D eigenvalue weighted by Gasteiger charge is -2.19. The molecule has 1 aromatic carbocycles. The van der Waals surface area contributed by atoms with Gasteiger partial charge in [-0.05, 0) is 45.4 Å². The van der Waals surface area contributed by atoms with Crippen LogP contribution in [0.4, 0.5) is 0 Å². The van der Waals surface area contributed by atoms with Crippen molar-refractivity contribution in [3.05, 3.63) is 58.5 Å². The molecule has 1 atom stereocenters. The third kappa shape index (κ3) is 3.27. The summed E-state index contributed by atoms with van der Waals surface area (Å²) >= 11 is 0. The highest BCUT2D eigenvalue weighted by molar-refractivity contribution is 5.36. The van der Waals surface area contributed by atoms with Crippen molar-refractivity contribution < 1.29 is 4.42 Å². The predicted octanol–water partition coefficient (Wildman–Crippen LogP) is 4.29. The van der Waals surface area contributed by atoms with Gasteiger partial charge in [0.05, 0.1) is 6.04 Å². The van der Waals surface area contributed by atoms with Crippen molar-refractivity contribution in [1.29, 1.82) is 0 Å². The van der Waals surface area contributed by atoms with Crippen LogP contribution < -0.4 is 5.32 Å². The van der Waals surface area contributed by atoms with Gasteiger partial charge in [0.15, 0.2) is 0 Å². The molecule has 1 unspecified atom stereocenters. The van der Waals surface area contributed by atoms with Crippen molar-refractivity contribution in [3.63, 3.8) is 0 Å². The Bertz CT molecular complexity index is 542. The molecule has 0 aliphatic carbocycles. The lowest BCUT2D eigenvalue weighted by Crippen LogP contribution is -2.23. The van der Waals surface area contributed by atoms with Crippen molar-refractivity contribution in [2.45, 2.75) is 40.2 Å². The highest BCUT2D eigenvalue weighted by Gasteiger charge is 2.18. The molecule has 0 aliphatic rings. The molecular formula is C17H23NO. The van der Waals surface area contributed by atoms with E-state index in [0.717, 1.165) is 24.5 Å². The van der Waals surface area contributed by atoms with E-state index in [1.807, 2.05) is 13.8 Å². The molecule has 1 aromatic heterocycles. The van der Waals surface area contributed by atoms with Crippen LogP contribution >= 0.6 is 0 Å². The molecule has 0 amide bonds. The van der Waals surface area contributed by atoms with E-state index in [9.17, 15) is 0 Å². The van der Waals surface area contributed by atoms with Crippen LogP contribution in [-0.4, -0.2) is 6.54 Å². The van der Waals surface area contributed by atoms with Crippen LogP contribution in [-0.2, 0) is 0 Å². The van der Waals surface area contributed by atoms with E-state index < -0.39 is 0 Å². The molecule has 1 heterocycles. The molecule has 1 N–H and O–H groups in total. The maximum Gasteiger partial charge on any atom is 0.106 e. The van der Waals surface area contributed by atoms with Gasteiger partial charge in [-0.2, -0.15) is 0 Å². The Morgan fingerprint density at radius 2 is 1.95 bits per heavy atom. The van der Waals surface area contributed by atoms with Crippen LogP contribution in [0.1, 0.15) is 47.6 Å². The lowest BCUT2D eigenvalue weighted by atomic mass is 9.97. The zero-order valence-corrected chi connectivity index (χ0v) is 12.3. The summed E-state index contributed by atoms with van der Waals surface area (Å²) in [5.41, 5.74) is 3.84. The first kappa shape index (κ1) is 13.9. The van der Waals surface area contributed by atoms with Gasteiger partial charge in [0.2, 0.25) is 0 Å². The standard InChI is InChI=1S/C17H23NO/c1-5-9-18-17(15-8-6-7-12(2)10-15)16-11-13(3)19-14(16)4/h6-8,10-11,17-18H,5,9H2,1-4H3. The van der Waals surface area contributed by atoms with E-state index >= 15 is 0 Å². The largest absolute Gasteiger partial charge is 0.466 e. The van der Waals surface area contributed by atoms with E-state index in [1.165, 1.54) is 16.7 Å². The Hall–Kier alpha value is -1.54. The quantitative estimate of drug-likeness (QED) is 0.864. The van der Waals surface area contributed by atoms with Gasteiger partial charge in [-0.1, -0.05) is 36.8 Å². The van der Waals surface area contributed by atoms with Crippen molar-refractivity contribution in [1.82, 2.24) is 5.32 Å². The van der Waals surface area contributed by atoms with E-state index in [-0.39, 0.29) is 6.04 Å². The molecule has 0 radical (unpaired) electrons. The zero-order valence-electron chi connectivity index (χ0n) is 12.3. The number of hydrogen-bond donors (Lipinski definition) is 1. The molecule has 2 rings (SSSR count). The van der Waals surface area contributed by atoms with Crippen molar-refractivity contribution in [2.24, 2.45) is 0 Å². The van der Waals surface area contributed by atoms with Gasteiger partial charge in [0.25, 0.3) is 0 Å². The minimum absolute atomic E-state index is 0.220. The van der Waals surface area contributed by atoms with Crippen molar-refractivity contribution >= 4 is 0 Å². The molecule has 2 heteroatoms. The first-order valence-electron chi connectivity index (χ1n) is 6.98. The number of aryl methyl sites for hydroxylation is 3. The predicted molar refractivity (Wildman–Crippen MR) is 79.5 cm³/mol. The van der Waals surface area contributed by atoms with Crippen LogP contribution in [0.3, 0.4) is 0 Å². The Morgan fingerprint density at radius 1 is 1.16 bits per heavy atom. The second kappa shape index (κ2) is 6.07. The SMILES string of the molecule is CCCNC(c1cccc(C)c1)c1cc(C)oc1C. The van der Waals surface area contributed by atoms with Gasteiger partial charge in [-0.15, -0.1) is 0 Å². The second-order valence-corrected chi connectivity index (χ2v) is 5.17. The number of benzene rings is 1. The Labute approximate surface area is 115 Å². The molecule has 102 valence electrons. The molecule has 0 fully saturated rings. The maximum absolute atomic E-state index is 5.69. The van der Waals surface area contributed by atoms with Crippen LogP contribution in [0.5, 0.6) is 0 Å². The Balaban J connectivity index is 2.38.